The molecule has 1 saturated heterocycles. The highest BCUT2D eigenvalue weighted by atomic mass is 19.1. The minimum atomic E-state index is -1.16. The Morgan fingerprint density at radius 3 is 1.75 bits per heavy atom. The average Bonchev–Trinajstić information content (AvgIpc) is 3.27. The van der Waals surface area contributed by atoms with Gasteiger partial charge < -0.3 is 20.3 Å². The molecule has 1 heterocycles. The molecule has 1 fully saturated rings. The number of aliphatic hydroxyl groups excluding tert-OH is 1. The molecule has 5 heteroatoms. The van der Waals surface area contributed by atoms with Crippen LogP contribution in [-0.4, -0.2) is 31.0 Å². The lowest BCUT2D eigenvalue weighted by molar-refractivity contribution is -0.0603. The van der Waals surface area contributed by atoms with Gasteiger partial charge in [0.25, 0.3) is 0 Å². The topological polar surface area (TPSA) is 64.7 Å². The molecule has 0 aliphatic carbocycles. The Morgan fingerprint density at radius 1 is 0.806 bits per heavy atom. The molecule has 4 aromatic carbocycles. The zero-order chi connectivity index (χ0) is 25.0. The normalized spacial score (nSPS) is 22.0. The molecule has 4 nitrogen and oxygen atoms in total. The second-order valence-corrected chi connectivity index (χ2v) is 9.25. The van der Waals surface area contributed by atoms with Gasteiger partial charge in [-0.05, 0) is 22.8 Å². The Hall–Kier alpha value is -3.35. The maximum atomic E-state index is 14.7. The quantitative estimate of drug-likeness (QED) is 0.347. The molecular weight excluding hydrogens is 453 g/mol. The van der Waals surface area contributed by atoms with E-state index in [0.29, 0.717) is 5.56 Å². The van der Waals surface area contributed by atoms with Crippen LogP contribution in [0.4, 0.5) is 4.39 Å². The van der Waals surface area contributed by atoms with Gasteiger partial charge in [0.05, 0.1) is 31.5 Å². The van der Waals surface area contributed by atoms with Crippen LogP contribution in [-0.2, 0) is 20.6 Å². The van der Waals surface area contributed by atoms with Crippen LogP contribution in [0.25, 0.3) is 0 Å². The molecule has 5 rings (SSSR count). The van der Waals surface area contributed by atoms with Gasteiger partial charge >= 0.3 is 0 Å². The van der Waals surface area contributed by atoms with Crippen LogP contribution in [0, 0.1) is 11.7 Å². The average molecular weight is 484 g/mol. The first-order chi connectivity index (χ1) is 17.6. The first-order valence-electron chi connectivity index (χ1n) is 12.2. The first-order valence-corrected chi connectivity index (χ1v) is 12.2. The highest BCUT2D eigenvalue weighted by Gasteiger charge is 2.50. The smallest absolute Gasteiger partial charge is 0.143 e. The third kappa shape index (κ3) is 4.25. The van der Waals surface area contributed by atoms with E-state index in [1.807, 2.05) is 91.0 Å². The molecule has 184 valence electrons. The molecule has 3 atom stereocenters. The molecule has 1 aliphatic heterocycles. The number of nitrogens with two attached hydrogens (primary N) is 1. The number of ether oxygens (including phenoxy) is 2. The summed E-state index contributed by atoms with van der Waals surface area (Å²) >= 11 is 0. The van der Waals surface area contributed by atoms with E-state index in [-0.39, 0.29) is 19.8 Å². The van der Waals surface area contributed by atoms with Crippen LogP contribution in [0.2, 0.25) is 0 Å². The summed E-state index contributed by atoms with van der Waals surface area (Å²) in [6.45, 7) is -0.0205. The molecule has 1 aliphatic rings. The van der Waals surface area contributed by atoms with E-state index in [2.05, 4.69) is 0 Å². The number of hydrogen-bond acceptors (Lipinski definition) is 4. The molecule has 0 spiro atoms. The van der Waals surface area contributed by atoms with Crippen molar-refractivity contribution in [3.05, 3.63) is 143 Å². The van der Waals surface area contributed by atoms with Gasteiger partial charge in [0.2, 0.25) is 0 Å². The fourth-order valence-electron chi connectivity index (χ4n) is 5.34. The zero-order valence-corrected chi connectivity index (χ0v) is 20.0. The fourth-order valence-corrected chi connectivity index (χ4v) is 5.34. The van der Waals surface area contributed by atoms with Gasteiger partial charge in [-0.2, -0.15) is 0 Å². The molecule has 4 aromatic rings. The lowest BCUT2D eigenvalue weighted by Gasteiger charge is -2.37. The zero-order valence-electron chi connectivity index (χ0n) is 20.0. The summed E-state index contributed by atoms with van der Waals surface area (Å²) in [4.78, 5) is 0. The molecule has 36 heavy (non-hydrogen) atoms. The van der Waals surface area contributed by atoms with E-state index < -0.39 is 29.0 Å². The highest BCUT2D eigenvalue weighted by molar-refractivity contribution is 5.47. The molecule has 3 N–H and O–H groups in total. The summed E-state index contributed by atoms with van der Waals surface area (Å²) < 4.78 is 27.7. The second-order valence-electron chi connectivity index (χ2n) is 9.25. The molecule has 0 bridgehead atoms. The largest absolute Gasteiger partial charge is 0.396 e. The summed E-state index contributed by atoms with van der Waals surface area (Å²) in [5, 5.41) is 10.4. The molecule has 0 saturated carbocycles. The number of rotatable bonds is 8. The van der Waals surface area contributed by atoms with Crippen molar-refractivity contribution >= 4 is 0 Å². The Kier molecular flexibility index (Phi) is 6.99. The summed E-state index contributed by atoms with van der Waals surface area (Å²) in [6.07, 6.45) is -0.532. The predicted octanol–water partition coefficient (Wildman–Crippen LogP) is 5.00. The molecular formula is C31H30FNO3. The van der Waals surface area contributed by atoms with Crippen molar-refractivity contribution in [2.75, 3.05) is 19.8 Å². The van der Waals surface area contributed by atoms with E-state index in [9.17, 15) is 9.50 Å². The number of halogens is 1. The van der Waals surface area contributed by atoms with Crippen molar-refractivity contribution in [2.45, 2.75) is 17.2 Å². The monoisotopic (exact) mass is 483 g/mol. The fraction of sp³-hybridized carbons (Fsp3) is 0.226. The summed E-state index contributed by atoms with van der Waals surface area (Å²) in [6, 6.07) is 36.6. The van der Waals surface area contributed by atoms with Crippen LogP contribution in [0.1, 0.15) is 22.3 Å². The van der Waals surface area contributed by atoms with Gasteiger partial charge in [-0.25, -0.2) is 4.39 Å². The van der Waals surface area contributed by atoms with E-state index in [1.165, 1.54) is 6.07 Å². The van der Waals surface area contributed by atoms with Crippen molar-refractivity contribution < 1.29 is 19.0 Å². The molecule has 0 radical (unpaired) electrons. The maximum absolute atomic E-state index is 14.7. The van der Waals surface area contributed by atoms with E-state index in [4.69, 9.17) is 15.2 Å². The summed E-state index contributed by atoms with van der Waals surface area (Å²) in [5.74, 6) is -0.953. The summed E-state index contributed by atoms with van der Waals surface area (Å²) in [7, 11) is 0. The number of benzene rings is 4. The van der Waals surface area contributed by atoms with Gasteiger partial charge in [0.15, 0.2) is 0 Å². The van der Waals surface area contributed by atoms with Crippen LogP contribution in [0.3, 0.4) is 0 Å². The van der Waals surface area contributed by atoms with Crippen LogP contribution < -0.4 is 5.73 Å². The van der Waals surface area contributed by atoms with Crippen molar-refractivity contribution in [1.82, 2.24) is 0 Å². The van der Waals surface area contributed by atoms with Crippen molar-refractivity contribution in [2.24, 2.45) is 11.7 Å². The third-order valence-electron chi connectivity index (χ3n) is 7.22. The molecule has 1 unspecified atom stereocenters. The predicted molar refractivity (Wildman–Crippen MR) is 138 cm³/mol. The molecule has 0 aromatic heterocycles. The lowest BCUT2D eigenvalue weighted by atomic mass is 9.78. The second kappa shape index (κ2) is 10.3. The van der Waals surface area contributed by atoms with Gasteiger partial charge in [0, 0.05) is 11.5 Å². The SMILES string of the molecule is N[C@@]1(c2ccccc2F)COC(COC(c2ccccc2)(c2ccccc2)c2ccccc2)[C@H]1CO. The number of aliphatic hydroxyl groups is 1. The Bertz CT molecular complexity index is 1170. The Labute approximate surface area is 211 Å². The maximum Gasteiger partial charge on any atom is 0.143 e. The van der Waals surface area contributed by atoms with E-state index >= 15 is 0 Å². The van der Waals surface area contributed by atoms with Crippen LogP contribution in [0.15, 0.2) is 115 Å². The van der Waals surface area contributed by atoms with Crippen molar-refractivity contribution in [3.8, 4) is 0 Å². The van der Waals surface area contributed by atoms with Gasteiger partial charge in [-0.1, -0.05) is 109 Å². The van der Waals surface area contributed by atoms with Crippen LogP contribution in [0.5, 0.6) is 0 Å². The summed E-state index contributed by atoms with van der Waals surface area (Å²) in [5.41, 5.74) is 7.87. The highest BCUT2D eigenvalue weighted by Crippen LogP contribution is 2.43. The Balaban J connectivity index is 1.55. The van der Waals surface area contributed by atoms with Gasteiger partial charge in [0.1, 0.15) is 11.4 Å². The van der Waals surface area contributed by atoms with Gasteiger partial charge in [-0.15, -0.1) is 0 Å². The molecule has 0 amide bonds. The van der Waals surface area contributed by atoms with Crippen molar-refractivity contribution in [1.29, 1.82) is 0 Å². The van der Waals surface area contributed by atoms with Crippen molar-refractivity contribution in [3.63, 3.8) is 0 Å². The third-order valence-corrected chi connectivity index (χ3v) is 7.22. The van der Waals surface area contributed by atoms with E-state index in [1.54, 1.807) is 18.2 Å². The standard InChI is InChI=1S/C31H30FNO3/c32-28-19-11-10-18-26(28)30(33)22-35-29(27(30)20-34)21-36-31(23-12-4-1-5-13-23,24-14-6-2-7-15-24)25-16-8-3-9-17-25/h1-19,27,29,34H,20-22,33H2/t27-,29?,30-/m1/s1. The minimum Gasteiger partial charge on any atom is -0.396 e. The first kappa shape index (κ1) is 24.3. The Morgan fingerprint density at radius 2 is 1.28 bits per heavy atom. The minimum absolute atomic E-state index is 0.0855. The van der Waals surface area contributed by atoms with Gasteiger partial charge in [-0.3, -0.25) is 0 Å². The van der Waals surface area contributed by atoms with E-state index in [0.717, 1.165) is 16.7 Å². The van der Waals surface area contributed by atoms with Crippen LogP contribution >= 0.6 is 0 Å². The number of hydrogen-bond donors (Lipinski definition) is 2. The lowest BCUT2D eigenvalue weighted by Crippen LogP contribution is -2.48.